The van der Waals surface area contributed by atoms with Crippen molar-refractivity contribution >= 4 is 5.97 Å². The Morgan fingerprint density at radius 1 is 1.14 bits per heavy atom. The maximum absolute atomic E-state index is 11.3. The van der Waals surface area contributed by atoms with Crippen LogP contribution in [0.25, 0.3) is 0 Å². The summed E-state index contributed by atoms with van der Waals surface area (Å²) in [5, 5.41) is 0. The van der Waals surface area contributed by atoms with Crippen LogP contribution in [0.3, 0.4) is 0 Å². The summed E-state index contributed by atoms with van der Waals surface area (Å²) in [6.07, 6.45) is 6.19. The number of para-hydroxylation sites is 1. The van der Waals surface area contributed by atoms with Crippen LogP contribution in [0.2, 0.25) is 0 Å². The molecule has 0 atom stereocenters. The van der Waals surface area contributed by atoms with E-state index in [9.17, 15) is 4.79 Å². The van der Waals surface area contributed by atoms with Crippen LogP contribution in [-0.2, 0) is 11.2 Å². The molecule has 0 N–H and O–H groups in total. The second kappa shape index (κ2) is 4.09. The molecular formula is C12H12O2. The van der Waals surface area contributed by atoms with Gasteiger partial charge < -0.3 is 4.74 Å². The van der Waals surface area contributed by atoms with Crippen molar-refractivity contribution in [1.82, 2.24) is 0 Å². The normalized spacial score (nSPS) is 18.4. The molecular weight excluding hydrogens is 176 g/mol. The molecule has 0 unspecified atom stereocenters. The molecule has 14 heavy (non-hydrogen) atoms. The van der Waals surface area contributed by atoms with Crippen molar-refractivity contribution in [3.8, 4) is 5.75 Å². The number of allylic oxidation sites excluding steroid dienone is 2. The van der Waals surface area contributed by atoms with Crippen molar-refractivity contribution in [3.05, 3.63) is 42.0 Å². The Bertz CT molecular complexity index is 366. The molecule has 0 saturated carbocycles. The van der Waals surface area contributed by atoms with Gasteiger partial charge in [0.2, 0.25) is 0 Å². The Hall–Kier alpha value is -1.57. The van der Waals surface area contributed by atoms with Gasteiger partial charge in [0.15, 0.2) is 0 Å². The molecule has 0 spiro atoms. The Morgan fingerprint density at radius 2 is 2.00 bits per heavy atom. The van der Waals surface area contributed by atoms with Crippen LogP contribution in [-0.4, -0.2) is 5.97 Å². The SMILES string of the molecule is O=C1CC/C=C/Cc2ccccc2O1. The highest BCUT2D eigenvalue weighted by Crippen LogP contribution is 2.20. The van der Waals surface area contributed by atoms with Gasteiger partial charge in [0.1, 0.15) is 5.75 Å². The first-order valence-corrected chi connectivity index (χ1v) is 4.80. The molecule has 1 aromatic carbocycles. The van der Waals surface area contributed by atoms with Crippen LogP contribution in [0.4, 0.5) is 0 Å². The smallest absolute Gasteiger partial charge is 0.311 e. The number of hydrogen-bond donors (Lipinski definition) is 0. The van der Waals surface area contributed by atoms with Crippen molar-refractivity contribution in [2.45, 2.75) is 19.3 Å². The van der Waals surface area contributed by atoms with Gasteiger partial charge in [-0.05, 0) is 24.5 Å². The lowest BCUT2D eigenvalue weighted by Gasteiger charge is -2.06. The number of benzene rings is 1. The van der Waals surface area contributed by atoms with E-state index in [0.29, 0.717) is 12.2 Å². The molecule has 0 aromatic heterocycles. The van der Waals surface area contributed by atoms with E-state index in [2.05, 4.69) is 6.08 Å². The molecule has 72 valence electrons. The molecule has 0 radical (unpaired) electrons. The number of esters is 1. The average Bonchev–Trinajstić information content (AvgIpc) is 2.27. The lowest BCUT2D eigenvalue weighted by Crippen LogP contribution is -2.07. The Balaban J connectivity index is 2.32. The van der Waals surface area contributed by atoms with Gasteiger partial charge >= 0.3 is 5.97 Å². The number of hydrogen-bond acceptors (Lipinski definition) is 2. The molecule has 1 aromatic rings. The predicted octanol–water partition coefficient (Wildman–Crippen LogP) is 2.48. The Labute approximate surface area is 83.2 Å². The topological polar surface area (TPSA) is 26.3 Å². The zero-order valence-corrected chi connectivity index (χ0v) is 7.90. The summed E-state index contributed by atoms with van der Waals surface area (Å²) in [5.74, 6) is 0.549. The highest BCUT2D eigenvalue weighted by Gasteiger charge is 2.08. The van der Waals surface area contributed by atoms with Crippen LogP contribution in [0.15, 0.2) is 36.4 Å². The van der Waals surface area contributed by atoms with E-state index in [1.165, 1.54) is 0 Å². The summed E-state index contributed by atoms with van der Waals surface area (Å²) in [6, 6.07) is 7.66. The largest absolute Gasteiger partial charge is 0.426 e. The molecule has 2 nitrogen and oxygen atoms in total. The first-order valence-electron chi connectivity index (χ1n) is 4.80. The van der Waals surface area contributed by atoms with E-state index in [-0.39, 0.29) is 5.97 Å². The first kappa shape index (κ1) is 9.00. The molecule has 0 aliphatic carbocycles. The van der Waals surface area contributed by atoms with E-state index in [4.69, 9.17) is 4.74 Å². The molecule has 2 rings (SSSR count). The minimum atomic E-state index is -0.149. The summed E-state index contributed by atoms with van der Waals surface area (Å²) in [5.41, 5.74) is 1.07. The fourth-order valence-electron chi connectivity index (χ4n) is 1.48. The van der Waals surface area contributed by atoms with Crippen molar-refractivity contribution in [2.75, 3.05) is 0 Å². The van der Waals surface area contributed by atoms with Crippen LogP contribution in [0.1, 0.15) is 18.4 Å². The number of fused-ring (bicyclic) bond motifs is 1. The third-order valence-corrected chi connectivity index (χ3v) is 2.22. The van der Waals surface area contributed by atoms with Crippen molar-refractivity contribution in [3.63, 3.8) is 0 Å². The van der Waals surface area contributed by atoms with Gasteiger partial charge in [-0.2, -0.15) is 0 Å². The van der Waals surface area contributed by atoms with Gasteiger partial charge in [-0.3, -0.25) is 4.79 Å². The van der Waals surface area contributed by atoms with Crippen LogP contribution < -0.4 is 4.74 Å². The third kappa shape index (κ3) is 2.02. The van der Waals surface area contributed by atoms with Crippen LogP contribution in [0.5, 0.6) is 5.75 Å². The third-order valence-electron chi connectivity index (χ3n) is 2.22. The van der Waals surface area contributed by atoms with E-state index < -0.39 is 0 Å². The van der Waals surface area contributed by atoms with Gasteiger partial charge in [0, 0.05) is 6.42 Å². The Kier molecular flexibility index (Phi) is 2.63. The fourth-order valence-corrected chi connectivity index (χ4v) is 1.48. The molecule has 0 saturated heterocycles. The van der Waals surface area contributed by atoms with Crippen molar-refractivity contribution < 1.29 is 9.53 Å². The summed E-state index contributed by atoms with van der Waals surface area (Å²) < 4.78 is 5.24. The first-order chi connectivity index (χ1) is 6.86. The number of rotatable bonds is 0. The minimum absolute atomic E-state index is 0.149. The van der Waals surface area contributed by atoms with Gasteiger partial charge in [0.25, 0.3) is 0 Å². The lowest BCUT2D eigenvalue weighted by atomic mass is 10.1. The zero-order valence-electron chi connectivity index (χ0n) is 7.90. The van der Waals surface area contributed by atoms with E-state index in [1.807, 2.05) is 30.3 Å². The summed E-state index contributed by atoms with van der Waals surface area (Å²) in [4.78, 5) is 11.3. The molecule has 1 aliphatic rings. The van der Waals surface area contributed by atoms with Crippen LogP contribution in [0, 0.1) is 0 Å². The second-order valence-corrected chi connectivity index (χ2v) is 3.30. The molecule has 0 fully saturated rings. The Morgan fingerprint density at radius 3 is 2.93 bits per heavy atom. The fraction of sp³-hybridized carbons (Fsp3) is 0.250. The summed E-state index contributed by atoms with van der Waals surface area (Å²) >= 11 is 0. The van der Waals surface area contributed by atoms with Gasteiger partial charge in [-0.15, -0.1) is 0 Å². The standard InChI is InChI=1S/C12H12O2/c13-12-9-3-1-2-6-10-7-4-5-8-11(10)14-12/h1-2,4-5,7-8H,3,6,9H2/b2-1+. The monoisotopic (exact) mass is 188 g/mol. The van der Waals surface area contributed by atoms with Gasteiger partial charge in [0.05, 0.1) is 0 Å². The molecule has 0 amide bonds. The summed E-state index contributed by atoms with van der Waals surface area (Å²) in [7, 11) is 0. The second-order valence-electron chi connectivity index (χ2n) is 3.30. The lowest BCUT2D eigenvalue weighted by molar-refractivity contribution is -0.134. The summed E-state index contributed by atoms with van der Waals surface area (Å²) in [6.45, 7) is 0. The van der Waals surface area contributed by atoms with E-state index in [1.54, 1.807) is 0 Å². The van der Waals surface area contributed by atoms with Crippen LogP contribution >= 0.6 is 0 Å². The molecule has 1 aliphatic heterocycles. The number of carbonyl (C=O) groups is 1. The minimum Gasteiger partial charge on any atom is -0.426 e. The van der Waals surface area contributed by atoms with E-state index in [0.717, 1.165) is 18.4 Å². The van der Waals surface area contributed by atoms with Crippen molar-refractivity contribution in [1.29, 1.82) is 0 Å². The number of ether oxygens (including phenoxy) is 1. The number of carbonyl (C=O) groups excluding carboxylic acids is 1. The van der Waals surface area contributed by atoms with E-state index >= 15 is 0 Å². The molecule has 1 heterocycles. The predicted molar refractivity (Wildman–Crippen MR) is 54.2 cm³/mol. The average molecular weight is 188 g/mol. The zero-order chi connectivity index (χ0) is 9.80. The highest BCUT2D eigenvalue weighted by atomic mass is 16.5. The van der Waals surface area contributed by atoms with Gasteiger partial charge in [-0.25, -0.2) is 0 Å². The maximum Gasteiger partial charge on any atom is 0.311 e. The molecule has 2 heteroatoms. The highest BCUT2D eigenvalue weighted by molar-refractivity contribution is 5.73. The van der Waals surface area contributed by atoms with Gasteiger partial charge in [-0.1, -0.05) is 30.4 Å². The quantitative estimate of drug-likeness (QED) is 0.355. The maximum atomic E-state index is 11.3. The molecule has 0 bridgehead atoms. The van der Waals surface area contributed by atoms with Crippen molar-refractivity contribution in [2.24, 2.45) is 0 Å².